The van der Waals surface area contributed by atoms with Crippen LogP contribution in [-0.2, 0) is 6.54 Å². The molecule has 0 saturated carbocycles. The van der Waals surface area contributed by atoms with Crippen LogP contribution in [0.3, 0.4) is 0 Å². The third-order valence-electron chi connectivity index (χ3n) is 4.19. The fourth-order valence-electron chi connectivity index (χ4n) is 2.94. The number of halogens is 1. The van der Waals surface area contributed by atoms with E-state index in [0.29, 0.717) is 6.04 Å². The summed E-state index contributed by atoms with van der Waals surface area (Å²) in [5.41, 5.74) is 2.06. The van der Waals surface area contributed by atoms with Crippen molar-refractivity contribution in [3.05, 3.63) is 29.6 Å². The van der Waals surface area contributed by atoms with Crippen LogP contribution in [0.15, 0.2) is 18.2 Å². The minimum atomic E-state index is -0.132. The lowest BCUT2D eigenvalue weighted by Gasteiger charge is -2.37. The summed E-state index contributed by atoms with van der Waals surface area (Å²) in [6.45, 7) is 5.86. The van der Waals surface area contributed by atoms with Crippen molar-refractivity contribution in [2.75, 3.05) is 38.6 Å². The Balaban J connectivity index is 2.07. The molecule has 21 heavy (non-hydrogen) atoms. The van der Waals surface area contributed by atoms with Crippen LogP contribution < -0.4 is 10.2 Å². The van der Waals surface area contributed by atoms with E-state index in [9.17, 15) is 4.39 Å². The molecule has 118 valence electrons. The van der Waals surface area contributed by atoms with Crippen LogP contribution in [0.5, 0.6) is 0 Å². The van der Waals surface area contributed by atoms with Crippen molar-refractivity contribution < 1.29 is 4.39 Å². The highest BCUT2D eigenvalue weighted by molar-refractivity contribution is 5.49. The molecule has 1 aromatic carbocycles. The van der Waals surface area contributed by atoms with Crippen LogP contribution in [0, 0.1) is 5.82 Å². The van der Waals surface area contributed by atoms with E-state index in [1.165, 1.54) is 12.8 Å². The van der Waals surface area contributed by atoms with Gasteiger partial charge in [-0.3, -0.25) is 0 Å². The third-order valence-corrected chi connectivity index (χ3v) is 4.19. The van der Waals surface area contributed by atoms with Crippen molar-refractivity contribution in [3.8, 4) is 0 Å². The van der Waals surface area contributed by atoms with Crippen LogP contribution in [0.25, 0.3) is 0 Å². The predicted molar refractivity (Wildman–Crippen MR) is 87.3 cm³/mol. The number of nitrogens with zero attached hydrogens (tertiary/aromatic N) is 2. The monoisotopic (exact) mass is 293 g/mol. The summed E-state index contributed by atoms with van der Waals surface area (Å²) in [5, 5.41) is 3.34. The molecule has 1 atom stereocenters. The second-order valence-corrected chi connectivity index (χ2v) is 6.20. The standard InChI is InChI=1S/C17H28FN3/c1-4-7-19-12-14-9-15(18)11-17(10-14)21-8-5-6-16(13-21)20(2)3/h9-11,16,19H,4-8,12-13H2,1-3H3. The zero-order valence-electron chi connectivity index (χ0n) is 13.5. The molecule has 1 aliphatic rings. The van der Waals surface area contributed by atoms with Crippen molar-refractivity contribution in [2.45, 2.75) is 38.8 Å². The van der Waals surface area contributed by atoms with Crippen molar-refractivity contribution in [1.82, 2.24) is 10.2 Å². The van der Waals surface area contributed by atoms with Gasteiger partial charge < -0.3 is 15.1 Å². The Kier molecular flexibility index (Phi) is 6.00. The highest BCUT2D eigenvalue weighted by Gasteiger charge is 2.22. The van der Waals surface area contributed by atoms with E-state index in [-0.39, 0.29) is 5.82 Å². The van der Waals surface area contributed by atoms with Crippen molar-refractivity contribution >= 4 is 5.69 Å². The van der Waals surface area contributed by atoms with E-state index in [1.807, 2.05) is 0 Å². The highest BCUT2D eigenvalue weighted by atomic mass is 19.1. The topological polar surface area (TPSA) is 18.5 Å². The molecule has 0 radical (unpaired) electrons. The Morgan fingerprint density at radius 1 is 1.33 bits per heavy atom. The van der Waals surface area contributed by atoms with Gasteiger partial charge in [-0.05, 0) is 63.7 Å². The molecule has 0 aliphatic carbocycles. The van der Waals surface area contributed by atoms with Gasteiger partial charge in [0.05, 0.1) is 0 Å². The number of hydrogen-bond donors (Lipinski definition) is 1. The molecule has 1 fully saturated rings. The minimum Gasteiger partial charge on any atom is -0.370 e. The zero-order valence-corrected chi connectivity index (χ0v) is 13.5. The summed E-state index contributed by atoms with van der Waals surface area (Å²) in [5.74, 6) is -0.132. The number of likely N-dealkylation sites (N-methyl/N-ethyl adjacent to an activating group) is 1. The molecule has 0 spiro atoms. The summed E-state index contributed by atoms with van der Waals surface area (Å²) in [4.78, 5) is 4.59. The maximum atomic E-state index is 13.9. The second kappa shape index (κ2) is 7.76. The van der Waals surface area contributed by atoms with Crippen LogP contribution in [0.4, 0.5) is 10.1 Å². The van der Waals surface area contributed by atoms with E-state index in [0.717, 1.165) is 43.9 Å². The van der Waals surface area contributed by atoms with Gasteiger partial charge >= 0.3 is 0 Å². The molecule has 3 nitrogen and oxygen atoms in total. The molecule has 1 N–H and O–H groups in total. The fraction of sp³-hybridized carbons (Fsp3) is 0.647. The van der Waals surface area contributed by atoms with Crippen LogP contribution in [0.1, 0.15) is 31.7 Å². The van der Waals surface area contributed by atoms with Gasteiger partial charge in [-0.15, -0.1) is 0 Å². The summed E-state index contributed by atoms with van der Waals surface area (Å²) in [7, 11) is 4.25. The second-order valence-electron chi connectivity index (χ2n) is 6.20. The van der Waals surface area contributed by atoms with Crippen LogP contribution in [-0.4, -0.2) is 44.7 Å². The first-order valence-corrected chi connectivity index (χ1v) is 8.01. The predicted octanol–water partition coefficient (Wildman–Crippen LogP) is 2.86. The molecule has 1 heterocycles. The molecule has 2 rings (SSSR count). The molecule has 1 unspecified atom stereocenters. The molecule has 0 aromatic heterocycles. The molecule has 0 amide bonds. The van der Waals surface area contributed by atoms with Gasteiger partial charge in [0.2, 0.25) is 0 Å². The Morgan fingerprint density at radius 2 is 2.14 bits per heavy atom. The van der Waals surface area contributed by atoms with Crippen molar-refractivity contribution in [1.29, 1.82) is 0 Å². The summed E-state index contributed by atoms with van der Waals surface area (Å²) in [6.07, 6.45) is 3.49. The Labute approximate surface area is 128 Å². The van der Waals surface area contributed by atoms with Gasteiger partial charge in [-0.25, -0.2) is 4.39 Å². The van der Waals surface area contributed by atoms with Crippen molar-refractivity contribution in [2.24, 2.45) is 0 Å². The number of anilines is 1. The summed E-state index contributed by atoms with van der Waals surface area (Å²) in [6, 6.07) is 5.99. The number of benzene rings is 1. The van der Waals surface area contributed by atoms with Gasteiger partial charge in [-0.1, -0.05) is 6.92 Å². The summed E-state index contributed by atoms with van der Waals surface area (Å²) < 4.78 is 13.9. The van der Waals surface area contributed by atoms with Crippen LogP contribution in [0.2, 0.25) is 0 Å². The van der Waals surface area contributed by atoms with E-state index >= 15 is 0 Å². The first kappa shape index (κ1) is 16.2. The van der Waals surface area contributed by atoms with E-state index < -0.39 is 0 Å². The van der Waals surface area contributed by atoms with Crippen LogP contribution >= 0.6 is 0 Å². The average molecular weight is 293 g/mol. The first-order valence-electron chi connectivity index (χ1n) is 8.01. The number of rotatable bonds is 6. The molecular weight excluding hydrogens is 265 g/mol. The summed E-state index contributed by atoms with van der Waals surface area (Å²) >= 11 is 0. The molecule has 1 aliphatic heterocycles. The lowest BCUT2D eigenvalue weighted by atomic mass is 10.0. The lowest BCUT2D eigenvalue weighted by molar-refractivity contribution is 0.258. The van der Waals surface area contributed by atoms with Gasteiger partial charge in [0.25, 0.3) is 0 Å². The fourth-order valence-corrected chi connectivity index (χ4v) is 2.94. The smallest absolute Gasteiger partial charge is 0.125 e. The van der Waals surface area contributed by atoms with Gasteiger partial charge in [0.15, 0.2) is 0 Å². The minimum absolute atomic E-state index is 0.132. The number of piperidine rings is 1. The van der Waals surface area contributed by atoms with E-state index in [2.05, 4.69) is 42.2 Å². The largest absolute Gasteiger partial charge is 0.370 e. The molecule has 0 bridgehead atoms. The first-order chi connectivity index (χ1) is 10.1. The normalized spacial score (nSPS) is 19.3. The maximum Gasteiger partial charge on any atom is 0.125 e. The quantitative estimate of drug-likeness (QED) is 0.814. The van der Waals surface area contributed by atoms with Gasteiger partial charge in [0, 0.05) is 31.4 Å². The third kappa shape index (κ3) is 4.68. The van der Waals surface area contributed by atoms with Gasteiger partial charge in [0.1, 0.15) is 5.82 Å². The van der Waals surface area contributed by atoms with Crippen molar-refractivity contribution in [3.63, 3.8) is 0 Å². The molecule has 1 saturated heterocycles. The average Bonchev–Trinajstić information content (AvgIpc) is 2.47. The van der Waals surface area contributed by atoms with E-state index in [1.54, 1.807) is 12.1 Å². The van der Waals surface area contributed by atoms with E-state index in [4.69, 9.17) is 0 Å². The zero-order chi connectivity index (χ0) is 15.2. The van der Waals surface area contributed by atoms with Gasteiger partial charge in [-0.2, -0.15) is 0 Å². The number of hydrogen-bond acceptors (Lipinski definition) is 3. The molecular formula is C17H28FN3. The molecule has 1 aromatic rings. The lowest BCUT2D eigenvalue weighted by Crippen LogP contribution is -2.45. The Hall–Kier alpha value is -1.13. The highest BCUT2D eigenvalue weighted by Crippen LogP contribution is 2.24. The number of nitrogens with one attached hydrogen (secondary N) is 1. The Morgan fingerprint density at radius 3 is 2.86 bits per heavy atom. The maximum absolute atomic E-state index is 13.9. The molecule has 4 heteroatoms. The SMILES string of the molecule is CCCNCc1cc(F)cc(N2CCCC(N(C)C)C2)c1. The Bertz CT molecular complexity index is 448.